The van der Waals surface area contributed by atoms with Crippen LogP contribution in [0.1, 0.15) is 29.8 Å². The summed E-state index contributed by atoms with van der Waals surface area (Å²) < 4.78 is 0. The predicted molar refractivity (Wildman–Crippen MR) is 69.6 cm³/mol. The Balaban J connectivity index is 2.79. The highest BCUT2D eigenvalue weighted by atomic mass is 16.4. The molecule has 1 aromatic rings. The monoisotopic (exact) mass is 249 g/mol. The van der Waals surface area contributed by atoms with E-state index >= 15 is 0 Å². The Morgan fingerprint density at radius 3 is 2.44 bits per heavy atom. The maximum Gasteiger partial charge on any atom is 0.335 e. The molecule has 0 aliphatic carbocycles. The molecule has 0 atom stereocenters. The molecule has 1 aromatic carbocycles. The number of aromatic carboxylic acids is 1. The van der Waals surface area contributed by atoms with Crippen LogP contribution in [0.15, 0.2) is 24.3 Å². The van der Waals surface area contributed by atoms with E-state index in [-0.39, 0.29) is 17.9 Å². The number of carboxylic acids is 1. The van der Waals surface area contributed by atoms with Crippen LogP contribution in [0, 0.1) is 5.92 Å². The highest BCUT2D eigenvalue weighted by Crippen LogP contribution is 2.11. The number of carbonyl (C=O) groups is 2. The van der Waals surface area contributed by atoms with Crippen molar-refractivity contribution < 1.29 is 14.7 Å². The smallest absolute Gasteiger partial charge is 0.335 e. The van der Waals surface area contributed by atoms with E-state index in [1.54, 1.807) is 30.1 Å². The normalized spacial score (nSPS) is 10.4. The molecule has 0 fully saturated rings. The lowest BCUT2D eigenvalue weighted by Gasteiger charge is -2.19. The minimum absolute atomic E-state index is 0.0580. The van der Waals surface area contributed by atoms with Crippen LogP contribution in [0.2, 0.25) is 0 Å². The molecule has 98 valence electrons. The van der Waals surface area contributed by atoms with Gasteiger partial charge in [0, 0.05) is 13.6 Å². The van der Waals surface area contributed by atoms with Gasteiger partial charge in [0.15, 0.2) is 0 Å². The highest BCUT2D eigenvalue weighted by molar-refractivity contribution is 5.91. The molecular formula is C14H19NO3. The van der Waals surface area contributed by atoms with Crippen molar-refractivity contribution in [3.8, 4) is 0 Å². The van der Waals surface area contributed by atoms with Gasteiger partial charge in [-0.15, -0.1) is 0 Å². The van der Waals surface area contributed by atoms with Gasteiger partial charge in [0.25, 0.3) is 0 Å². The number of carbonyl (C=O) groups excluding carboxylic acids is 1. The van der Waals surface area contributed by atoms with Crippen LogP contribution in [0.25, 0.3) is 0 Å². The van der Waals surface area contributed by atoms with Gasteiger partial charge in [0.1, 0.15) is 0 Å². The third-order valence-corrected chi connectivity index (χ3v) is 2.65. The zero-order valence-corrected chi connectivity index (χ0v) is 11.0. The van der Waals surface area contributed by atoms with Gasteiger partial charge in [-0.05, 0) is 17.5 Å². The second-order valence-electron chi connectivity index (χ2n) is 4.81. The quantitative estimate of drug-likeness (QED) is 0.868. The molecule has 0 aliphatic rings. The number of hydrogen-bond acceptors (Lipinski definition) is 2. The predicted octanol–water partition coefficient (Wildman–Crippen LogP) is 2.04. The van der Waals surface area contributed by atoms with Gasteiger partial charge < -0.3 is 10.0 Å². The minimum atomic E-state index is -0.995. The van der Waals surface area contributed by atoms with Crippen molar-refractivity contribution in [2.24, 2.45) is 5.92 Å². The molecule has 0 unspecified atom stereocenters. The lowest BCUT2D eigenvalue weighted by molar-refractivity contribution is -0.129. The fourth-order valence-electron chi connectivity index (χ4n) is 1.83. The summed E-state index contributed by atoms with van der Waals surface area (Å²) in [6, 6.07) is 6.62. The fourth-order valence-corrected chi connectivity index (χ4v) is 1.83. The van der Waals surface area contributed by atoms with Crippen LogP contribution in [-0.2, 0) is 11.2 Å². The van der Waals surface area contributed by atoms with Crippen LogP contribution in [0.4, 0.5) is 0 Å². The lowest BCUT2D eigenvalue weighted by atomic mass is 10.0. The molecule has 18 heavy (non-hydrogen) atoms. The third kappa shape index (κ3) is 3.87. The Hall–Kier alpha value is -1.84. The van der Waals surface area contributed by atoms with Crippen LogP contribution in [0.5, 0.6) is 0 Å². The van der Waals surface area contributed by atoms with E-state index in [1.807, 2.05) is 13.8 Å². The molecule has 4 nitrogen and oxygen atoms in total. The Kier molecular flexibility index (Phi) is 4.89. The van der Waals surface area contributed by atoms with Crippen molar-refractivity contribution >= 4 is 11.9 Å². The molecular weight excluding hydrogens is 230 g/mol. The molecule has 0 radical (unpaired) electrons. The van der Waals surface area contributed by atoms with E-state index in [2.05, 4.69) is 0 Å². The van der Waals surface area contributed by atoms with E-state index in [0.717, 1.165) is 0 Å². The number of likely N-dealkylation sites (N-methyl/N-ethyl adjacent to an activating group) is 1. The maximum absolute atomic E-state index is 12.0. The highest BCUT2D eigenvalue weighted by Gasteiger charge is 2.15. The second-order valence-corrected chi connectivity index (χ2v) is 4.81. The van der Waals surface area contributed by atoms with Crippen molar-refractivity contribution in [2.45, 2.75) is 20.3 Å². The third-order valence-electron chi connectivity index (χ3n) is 2.65. The van der Waals surface area contributed by atoms with E-state index in [9.17, 15) is 9.59 Å². The summed E-state index contributed by atoms with van der Waals surface area (Å²) in [5.74, 6) is -0.656. The molecule has 1 amide bonds. The Bertz CT molecular complexity index is 440. The van der Waals surface area contributed by atoms with Gasteiger partial charge >= 0.3 is 5.97 Å². The number of nitrogens with zero attached hydrogens (tertiary/aromatic N) is 1. The Labute approximate surface area is 107 Å². The summed E-state index contributed by atoms with van der Waals surface area (Å²) in [5.41, 5.74) is 0.759. The van der Waals surface area contributed by atoms with Gasteiger partial charge in [-0.25, -0.2) is 4.79 Å². The van der Waals surface area contributed by atoms with Crippen molar-refractivity contribution in [3.63, 3.8) is 0 Å². The number of amides is 1. The Morgan fingerprint density at radius 1 is 1.28 bits per heavy atom. The molecule has 0 saturated heterocycles. The van der Waals surface area contributed by atoms with Crippen molar-refractivity contribution in [1.82, 2.24) is 4.90 Å². The van der Waals surface area contributed by atoms with Crippen LogP contribution in [0.3, 0.4) is 0 Å². The van der Waals surface area contributed by atoms with E-state index in [4.69, 9.17) is 5.11 Å². The standard InChI is InChI=1S/C14H19NO3/c1-10(2)9-15(3)13(16)8-11-6-4-5-7-12(11)14(17)18/h4-7,10H,8-9H2,1-3H3,(H,17,18). The fraction of sp³-hybridized carbons (Fsp3) is 0.429. The molecule has 0 saturated carbocycles. The van der Waals surface area contributed by atoms with Crippen LogP contribution < -0.4 is 0 Å². The summed E-state index contributed by atoms with van der Waals surface area (Å²) in [6.45, 7) is 4.75. The zero-order chi connectivity index (χ0) is 13.7. The topological polar surface area (TPSA) is 57.6 Å². The van der Waals surface area contributed by atoms with E-state index in [0.29, 0.717) is 18.0 Å². The summed E-state index contributed by atoms with van der Waals surface area (Å²) in [7, 11) is 1.74. The van der Waals surface area contributed by atoms with Gasteiger partial charge in [-0.2, -0.15) is 0 Å². The summed E-state index contributed by atoms with van der Waals surface area (Å²) in [4.78, 5) is 24.6. The molecule has 1 N–H and O–H groups in total. The first-order valence-electron chi connectivity index (χ1n) is 5.97. The number of benzene rings is 1. The molecule has 0 bridgehead atoms. The maximum atomic E-state index is 12.0. The zero-order valence-electron chi connectivity index (χ0n) is 11.0. The molecule has 0 aliphatic heterocycles. The molecule has 4 heteroatoms. The van der Waals surface area contributed by atoms with E-state index in [1.165, 1.54) is 6.07 Å². The van der Waals surface area contributed by atoms with Crippen LogP contribution >= 0.6 is 0 Å². The number of rotatable bonds is 5. The number of carboxylic acid groups (broad SMARTS) is 1. The van der Waals surface area contributed by atoms with Crippen LogP contribution in [-0.4, -0.2) is 35.5 Å². The van der Waals surface area contributed by atoms with Crippen molar-refractivity contribution in [3.05, 3.63) is 35.4 Å². The van der Waals surface area contributed by atoms with Crippen molar-refractivity contribution in [1.29, 1.82) is 0 Å². The SMILES string of the molecule is CC(C)CN(C)C(=O)Cc1ccccc1C(=O)O. The first-order valence-corrected chi connectivity index (χ1v) is 5.97. The van der Waals surface area contributed by atoms with E-state index < -0.39 is 5.97 Å². The summed E-state index contributed by atoms with van der Waals surface area (Å²) in [5, 5.41) is 9.04. The van der Waals surface area contributed by atoms with Crippen molar-refractivity contribution in [2.75, 3.05) is 13.6 Å². The minimum Gasteiger partial charge on any atom is -0.478 e. The van der Waals surface area contributed by atoms with Gasteiger partial charge in [-0.3, -0.25) is 4.79 Å². The largest absolute Gasteiger partial charge is 0.478 e. The molecule has 0 aromatic heterocycles. The molecule has 0 heterocycles. The molecule has 1 rings (SSSR count). The van der Waals surface area contributed by atoms with Gasteiger partial charge in [0.05, 0.1) is 12.0 Å². The Morgan fingerprint density at radius 2 is 1.89 bits per heavy atom. The summed E-state index contributed by atoms with van der Waals surface area (Å²) >= 11 is 0. The van der Waals surface area contributed by atoms with Gasteiger partial charge in [-0.1, -0.05) is 32.0 Å². The average Bonchev–Trinajstić information content (AvgIpc) is 2.28. The second kappa shape index (κ2) is 6.19. The molecule has 0 spiro atoms. The first-order chi connectivity index (χ1) is 8.41. The lowest BCUT2D eigenvalue weighted by Crippen LogP contribution is -2.31. The van der Waals surface area contributed by atoms with Gasteiger partial charge in [0.2, 0.25) is 5.91 Å². The average molecular weight is 249 g/mol. The summed E-state index contributed by atoms with van der Waals surface area (Å²) in [6.07, 6.45) is 0.131. The first kappa shape index (κ1) is 14.2. The number of hydrogen-bond donors (Lipinski definition) is 1.